The molecule has 0 aliphatic heterocycles. The second-order valence-electron chi connectivity index (χ2n) is 7.85. The van der Waals surface area contributed by atoms with E-state index in [1.54, 1.807) is 38.1 Å². The zero-order valence-corrected chi connectivity index (χ0v) is 23.2. The molecule has 0 radical (unpaired) electrons. The predicted octanol–water partition coefficient (Wildman–Crippen LogP) is 4.96. The third kappa shape index (κ3) is 7.70. The number of rotatable bonds is 9. The number of halogens is 1. The molecule has 2 aromatic carbocycles. The summed E-state index contributed by atoms with van der Waals surface area (Å²) in [4.78, 5) is 21.0. The standard InChI is InChI=1S/C24H26BrN5O4S2/c1-4-5-12-34-21-11-6-17(25)14-20(21)22(31)29-24(35)28-18-7-9-19(10-8-18)36(32,33)30-23-26-15(2)13-16(3)27-23/h6-11,13-14H,4-5,12H2,1-3H3,(H,26,27,30)(H2,28,29,31,35). The van der Waals surface area contributed by atoms with Gasteiger partial charge in [0.25, 0.3) is 15.9 Å². The molecule has 0 spiro atoms. The Hall–Kier alpha value is -3.09. The van der Waals surface area contributed by atoms with Crippen LogP contribution >= 0.6 is 28.1 Å². The Morgan fingerprint density at radius 1 is 1.06 bits per heavy atom. The molecule has 0 aliphatic carbocycles. The second kappa shape index (κ2) is 12.2. The van der Waals surface area contributed by atoms with Crippen molar-refractivity contribution in [1.29, 1.82) is 0 Å². The number of benzene rings is 2. The minimum Gasteiger partial charge on any atom is -0.493 e. The van der Waals surface area contributed by atoms with Crippen molar-refractivity contribution in [3.8, 4) is 5.75 Å². The van der Waals surface area contributed by atoms with E-state index in [-0.39, 0.29) is 16.0 Å². The van der Waals surface area contributed by atoms with E-state index in [1.807, 2.05) is 0 Å². The fraction of sp³-hybridized carbons (Fsp3) is 0.250. The van der Waals surface area contributed by atoms with Gasteiger partial charge in [0.1, 0.15) is 5.75 Å². The number of thiocarbonyl (C=S) groups is 1. The van der Waals surface area contributed by atoms with Gasteiger partial charge in [0, 0.05) is 21.5 Å². The van der Waals surface area contributed by atoms with E-state index in [1.165, 1.54) is 24.3 Å². The summed E-state index contributed by atoms with van der Waals surface area (Å²) in [5.74, 6) is 0.0307. The van der Waals surface area contributed by atoms with Crippen molar-refractivity contribution in [3.63, 3.8) is 0 Å². The summed E-state index contributed by atoms with van der Waals surface area (Å²) >= 11 is 8.64. The molecule has 190 valence electrons. The number of nitrogens with zero attached hydrogens (tertiary/aromatic N) is 2. The summed E-state index contributed by atoms with van der Waals surface area (Å²) in [6, 6.07) is 12.8. The molecule has 0 saturated heterocycles. The highest BCUT2D eigenvalue weighted by molar-refractivity contribution is 9.10. The molecule has 36 heavy (non-hydrogen) atoms. The van der Waals surface area contributed by atoms with Gasteiger partial charge >= 0.3 is 0 Å². The van der Waals surface area contributed by atoms with Crippen LogP contribution in [0.1, 0.15) is 41.5 Å². The third-order valence-electron chi connectivity index (χ3n) is 4.80. The van der Waals surface area contributed by atoms with Crippen LogP contribution in [0.3, 0.4) is 0 Å². The van der Waals surface area contributed by atoms with E-state index >= 15 is 0 Å². The lowest BCUT2D eigenvalue weighted by Gasteiger charge is -2.14. The molecule has 0 saturated carbocycles. The number of anilines is 2. The minimum atomic E-state index is -3.89. The molecule has 0 aliphatic rings. The van der Waals surface area contributed by atoms with Crippen molar-refractivity contribution < 1.29 is 17.9 Å². The van der Waals surface area contributed by atoms with Crippen molar-refractivity contribution in [2.75, 3.05) is 16.6 Å². The molecular weight excluding hydrogens is 566 g/mol. The van der Waals surface area contributed by atoms with Gasteiger partial charge < -0.3 is 10.1 Å². The van der Waals surface area contributed by atoms with Gasteiger partial charge in [0.05, 0.1) is 17.1 Å². The second-order valence-corrected chi connectivity index (χ2v) is 10.9. The number of amides is 1. The summed E-state index contributed by atoms with van der Waals surface area (Å²) in [7, 11) is -3.89. The predicted molar refractivity (Wildman–Crippen MR) is 147 cm³/mol. The number of ether oxygens (including phenoxy) is 1. The van der Waals surface area contributed by atoms with Gasteiger partial charge in [-0.05, 0) is 81.0 Å². The van der Waals surface area contributed by atoms with Crippen LogP contribution in [-0.4, -0.2) is 36.0 Å². The summed E-state index contributed by atoms with van der Waals surface area (Å²) in [6.07, 6.45) is 1.84. The summed E-state index contributed by atoms with van der Waals surface area (Å²) in [6.45, 7) is 6.07. The van der Waals surface area contributed by atoms with Crippen LogP contribution in [0.25, 0.3) is 0 Å². The van der Waals surface area contributed by atoms with Crippen molar-refractivity contribution in [1.82, 2.24) is 15.3 Å². The van der Waals surface area contributed by atoms with Gasteiger partial charge in [-0.1, -0.05) is 29.3 Å². The Balaban J connectivity index is 1.65. The maximum atomic E-state index is 12.8. The molecule has 1 aromatic heterocycles. The van der Waals surface area contributed by atoms with Crippen molar-refractivity contribution >= 4 is 60.8 Å². The molecule has 0 bridgehead atoms. The molecule has 3 rings (SSSR count). The molecule has 3 aromatic rings. The lowest BCUT2D eigenvalue weighted by Crippen LogP contribution is -2.34. The number of carbonyl (C=O) groups is 1. The first-order chi connectivity index (χ1) is 17.1. The van der Waals surface area contributed by atoms with Crippen LogP contribution in [0.2, 0.25) is 0 Å². The van der Waals surface area contributed by atoms with Crippen molar-refractivity contribution in [2.45, 2.75) is 38.5 Å². The highest BCUT2D eigenvalue weighted by atomic mass is 79.9. The van der Waals surface area contributed by atoms with Crippen LogP contribution in [0.15, 0.2) is 57.9 Å². The molecule has 0 fully saturated rings. The highest BCUT2D eigenvalue weighted by Gasteiger charge is 2.17. The topological polar surface area (TPSA) is 122 Å². The summed E-state index contributed by atoms with van der Waals surface area (Å²) in [5.41, 5.74) is 2.14. The molecule has 1 heterocycles. The number of sulfonamides is 1. The number of carbonyl (C=O) groups excluding carboxylic acids is 1. The average molecular weight is 593 g/mol. The quantitative estimate of drug-likeness (QED) is 0.236. The van der Waals surface area contributed by atoms with Gasteiger partial charge in [-0.2, -0.15) is 0 Å². The van der Waals surface area contributed by atoms with Gasteiger partial charge in [0.15, 0.2) is 5.11 Å². The molecule has 9 nitrogen and oxygen atoms in total. The van der Waals surface area contributed by atoms with E-state index < -0.39 is 15.9 Å². The van der Waals surface area contributed by atoms with E-state index in [2.05, 4.69) is 48.2 Å². The van der Waals surface area contributed by atoms with Gasteiger partial charge in [-0.3, -0.25) is 10.1 Å². The first-order valence-electron chi connectivity index (χ1n) is 11.1. The number of hydrogen-bond donors (Lipinski definition) is 3. The Morgan fingerprint density at radius 3 is 2.36 bits per heavy atom. The zero-order chi connectivity index (χ0) is 26.3. The lowest BCUT2D eigenvalue weighted by molar-refractivity contribution is 0.0973. The maximum Gasteiger partial charge on any atom is 0.264 e. The monoisotopic (exact) mass is 591 g/mol. The van der Waals surface area contributed by atoms with Crippen LogP contribution in [-0.2, 0) is 10.0 Å². The average Bonchev–Trinajstić information content (AvgIpc) is 2.79. The number of aryl methyl sites for hydroxylation is 2. The zero-order valence-electron chi connectivity index (χ0n) is 20.0. The van der Waals surface area contributed by atoms with Crippen LogP contribution in [0, 0.1) is 13.8 Å². The fourth-order valence-electron chi connectivity index (χ4n) is 3.13. The Morgan fingerprint density at radius 2 is 1.72 bits per heavy atom. The largest absolute Gasteiger partial charge is 0.493 e. The summed E-state index contributed by atoms with van der Waals surface area (Å²) in [5, 5.41) is 5.56. The van der Waals surface area contributed by atoms with E-state index in [0.29, 0.717) is 35.0 Å². The first kappa shape index (κ1) is 27.5. The minimum absolute atomic E-state index is 0.00387. The molecule has 1 amide bonds. The molecule has 0 atom stereocenters. The Kier molecular flexibility index (Phi) is 9.35. The first-order valence-corrected chi connectivity index (χ1v) is 13.8. The van der Waals surface area contributed by atoms with Gasteiger partial charge in [-0.15, -0.1) is 0 Å². The van der Waals surface area contributed by atoms with Crippen molar-refractivity contribution in [3.05, 3.63) is 70.0 Å². The maximum absolute atomic E-state index is 12.8. The molecule has 3 N–H and O–H groups in total. The fourth-order valence-corrected chi connectivity index (χ4v) is 4.65. The van der Waals surface area contributed by atoms with Crippen LogP contribution < -0.4 is 20.1 Å². The van der Waals surface area contributed by atoms with Gasteiger partial charge in [0.2, 0.25) is 5.95 Å². The number of nitrogens with one attached hydrogen (secondary N) is 3. The van der Waals surface area contributed by atoms with Crippen LogP contribution in [0.5, 0.6) is 5.75 Å². The molecular formula is C24H26BrN5O4S2. The van der Waals surface area contributed by atoms with Gasteiger partial charge in [-0.25, -0.2) is 23.1 Å². The normalized spacial score (nSPS) is 11.0. The van der Waals surface area contributed by atoms with E-state index in [4.69, 9.17) is 17.0 Å². The highest BCUT2D eigenvalue weighted by Crippen LogP contribution is 2.24. The van der Waals surface area contributed by atoms with Crippen LogP contribution in [0.4, 0.5) is 11.6 Å². The SMILES string of the molecule is CCCCOc1ccc(Br)cc1C(=O)NC(=S)Nc1ccc(S(=O)(=O)Nc2nc(C)cc(C)n2)cc1. The molecule has 0 unspecified atom stereocenters. The number of hydrogen-bond acceptors (Lipinski definition) is 7. The smallest absolute Gasteiger partial charge is 0.264 e. The van der Waals surface area contributed by atoms with E-state index in [9.17, 15) is 13.2 Å². The van der Waals surface area contributed by atoms with E-state index in [0.717, 1.165) is 17.3 Å². The third-order valence-corrected chi connectivity index (χ3v) is 6.84. The molecule has 12 heteroatoms. The Bertz CT molecular complexity index is 1350. The van der Waals surface area contributed by atoms with Crippen molar-refractivity contribution in [2.24, 2.45) is 0 Å². The lowest BCUT2D eigenvalue weighted by atomic mass is 10.2. The Labute approximate surface area is 224 Å². The summed E-state index contributed by atoms with van der Waals surface area (Å²) < 4.78 is 34.3. The number of unbranched alkanes of at least 4 members (excludes halogenated alkanes) is 1. The number of aromatic nitrogens is 2.